The largest absolute Gasteiger partial charge is 0.214 e. The van der Waals surface area contributed by atoms with Crippen molar-refractivity contribution in [3.05, 3.63) is 65.2 Å². The van der Waals surface area contributed by atoms with Crippen LogP contribution in [0.5, 0.6) is 0 Å². The summed E-state index contributed by atoms with van der Waals surface area (Å²) < 4.78 is 1.75. The number of aromatic nitrogens is 4. The van der Waals surface area contributed by atoms with E-state index < -0.39 is 0 Å². The van der Waals surface area contributed by atoms with Crippen LogP contribution in [0.2, 0.25) is 0 Å². The minimum atomic E-state index is 0.498. The van der Waals surface area contributed by atoms with E-state index >= 15 is 0 Å². The molecule has 0 amide bonds. The first-order valence-electron chi connectivity index (χ1n) is 7.68. The first kappa shape index (κ1) is 16.2. The summed E-state index contributed by atoms with van der Waals surface area (Å²) >= 11 is 1.57. The molecule has 120 valence electrons. The summed E-state index contributed by atoms with van der Waals surface area (Å²) in [4.78, 5) is 0. The van der Waals surface area contributed by atoms with Crippen molar-refractivity contribution in [2.45, 2.75) is 30.7 Å². The molecule has 3 aromatic rings. The van der Waals surface area contributed by atoms with Crippen LogP contribution in [0.15, 0.2) is 53.7 Å². The van der Waals surface area contributed by atoms with Gasteiger partial charge in [0.25, 0.3) is 0 Å². The van der Waals surface area contributed by atoms with Gasteiger partial charge >= 0.3 is 0 Å². The molecule has 0 unspecified atom stereocenters. The van der Waals surface area contributed by atoms with Crippen LogP contribution >= 0.6 is 11.8 Å². The van der Waals surface area contributed by atoms with Gasteiger partial charge in [-0.25, -0.2) is 0 Å². The fourth-order valence-corrected chi connectivity index (χ4v) is 3.10. The molecule has 6 heteroatoms. The van der Waals surface area contributed by atoms with Crippen LogP contribution in [-0.2, 0) is 5.75 Å². The zero-order valence-electron chi connectivity index (χ0n) is 13.5. The van der Waals surface area contributed by atoms with Gasteiger partial charge in [-0.2, -0.15) is 9.94 Å². The molecule has 0 aliphatic carbocycles. The van der Waals surface area contributed by atoms with Gasteiger partial charge in [0.1, 0.15) is 0 Å². The van der Waals surface area contributed by atoms with Crippen LogP contribution in [-0.4, -0.2) is 20.2 Å². The zero-order chi connectivity index (χ0) is 16.9. The quantitative estimate of drug-likeness (QED) is 0.660. The number of thioether (sulfide) groups is 1. The molecule has 1 heterocycles. The average molecular weight is 335 g/mol. The normalized spacial score (nSPS) is 10.8. The molecule has 0 spiro atoms. The minimum absolute atomic E-state index is 0.498. The first-order chi connectivity index (χ1) is 11.7. The Labute approximate surface area is 145 Å². The molecule has 0 N–H and O–H groups in total. The summed E-state index contributed by atoms with van der Waals surface area (Å²) in [6.45, 7) is 4.34. The summed E-state index contributed by atoms with van der Waals surface area (Å²) in [5, 5.41) is 21.6. The summed E-state index contributed by atoms with van der Waals surface area (Å²) in [5.74, 6) is 1.24. The smallest absolute Gasteiger partial charge is 0.192 e. The highest BCUT2D eigenvalue weighted by atomic mass is 32.2. The third kappa shape index (κ3) is 3.63. The van der Waals surface area contributed by atoms with E-state index in [0.717, 1.165) is 22.2 Å². The lowest BCUT2D eigenvalue weighted by atomic mass is 10.0. The number of tetrazole rings is 1. The average Bonchev–Trinajstić information content (AvgIpc) is 3.09. The molecule has 3 rings (SSSR count). The van der Waals surface area contributed by atoms with Crippen LogP contribution in [0.25, 0.3) is 5.69 Å². The molecule has 5 nitrogen and oxygen atoms in total. The Morgan fingerprint density at radius 2 is 1.79 bits per heavy atom. The number of nitrogens with zero attached hydrogens (tertiary/aromatic N) is 5. The van der Waals surface area contributed by atoms with Crippen molar-refractivity contribution in [2.24, 2.45) is 0 Å². The summed E-state index contributed by atoms with van der Waals surface area (Å²) in [7, 11) is 0. The fourth-order valence-electron chi connectivity index (χ4n) is 2.25. The zero-order valence-corrected chi connectivity index (χ0v) is 14.4. The van der Waals surface area contributed by atoms with Gasteiger partial charge in [-0.3, -0.25) is 0 Å². The third-order valence-corrected chi connectivity index (χ3v) is 4.69. The van der Waals surface area contributed by atoms with Crippen molar-refractivity contribution in [1.29, 1.82) is 5.26 Å². The molecule has 0 radical (unpaired) electrons. The maximum absolute atomic E-state index is 8.84. The molecule has 0 aliphatic heterocycles. The predicted molar refractivity (Wildman–Crippen MR) is 94.0 cm³/mol. The molecule has 0 atom stereocenters. The van der Waals surface area contributed by atoms with Gasteiger partial charge in [0.05, 0.1) is 17.3 Å². The lowest BCUT2D eigenvalue weighted by Gasteiger charge is -2.08. The monoisotopic (exact) mass is 335 g/mol. The number of benzene rings is 2. The van der Waals surface area contributed by atoms with Gasteiger partial charge in [0.2, 0.25) is 5.16 Å². The van der Waals surface area contributed by atoms with E-state index in [9.17, 15) is 0 Å². The van der Waals surface area contributed by atoms with Gasteiger partial charge in [-0.05, 0) is 51.7 Å². The second-order valence-corrected chi connectivity index (χ2v) is 6.66. The minimum Gasteiger partial charge on any atom is -0.192 e. The predicted octanol–water partition coefficient (Wildman–Crippen LogP) is 3.95. The second-order valence-electron chi connectivity index (χ2n) is 5.72. The Balaban J connectivity index is 1.74. The summed E-state index contributed by atoms with van der Waals surface area (Å²) in [5.41, 5.74) is 4.04. The Hall–Kier alpha value is -2.65. The molecule has 0 aliphatic rings. The molecule has 0 fully saturated rings. The summed E-state index contributed by atoms with van der Waals surface area (Å²) in [6, 6.07) is 18.0. The second kappa shape index (κ2) is 7.28. The van der Waals surface area contributed by atoms with Crippen molar-refractivity contribution in [1.82, 2.24) is 20.2 Å². The molecule has 24 heavy (non-hydrogen) atoms. The van der Waals surface area contributed by atoms with Crippen molar-refractivity contribution < 1.29 is 0 Å². The van der Waals surface area contributed by atoms with Crippen LogP contribution < -0.4 is 0 Å². The highest BCUT2D eigenvalue weighted by Crippen LogP contribution is 2.23. The molecule has 0 saturated carbocycles. The SMILES string of the molecule is CC(C)c1ccc(-n2nnnc2SCc2ccc(C#N)cc2)cc1. The molecule has 2 aromatic carbocycles. The van der Waals surface area contributed by atoms with E-state index in [2.05, 4.69) is 47.6 Å². The lowest BCUT2D eigenvalue weighted by molar-refractivity contribution is 0.754. The topological polar surface area (TPSA) is 67.4 Å². The first-order valence-corrected chi connectivity index (χ1v) is 8.66. The highest BCUT2D eigenvalue weighted by molar-refractivity contribution is 7.98. The van der Waals surface area contributed by atoms with Crippen molar-refractivity contribution in [3.63, 3.8) is 0 Å². The Morgan fingerprint density at radius 3 is 2.42 bits per heavy atom. The van der Waals surface area contributed by atoms with Crippen LogP contribution in [0.4, 0.5) is 0 Å². The van der Waals surface area contributed by atoms with E-state index in [-0.39, 0.29) is 0 Å². The van der Waals surface area contributed by atoms with E-state index in [1.54, 1.807) is 16.4 Å². The van der Waals surface area contributed by atoms with Crippen molar-refractivity contribution in [3.8, 4) is 11.8 Å². The standard InChI is InChI=1S/C18H17N5S/c1-13(2)16-7-9-17(10-8-16)23-18(20-21-22-23)24-12-15-5-3-14(11-19)4-6-15/h3-10,13H,12H2,1-2H3. The lowest BCUT2D eigenvalue weighted by Crippen LogP contribution is -1.99. The summed E-state index contributed by atoms with van der Waals surface area (Å²) in [6.07, 6.45) is 0. The number of rotatable bonds is 5. The number of nitriles is 1. The van der Waals surface area contributed by atoms with E-state index in [4.69, 9.17) is 5.26 Å². The van der Waals surface area contributed by atoms with E-state index in [0.29, 0.717) is 11.5 Å². The van der Waals surface area contributed by atoms with Gasteiger partial charge in [-0.15, -0.1) is 5.10 Å². The van der Waals surface area contributed by atoms with Crippen LogP contribution in [0.1, 0.15) is 36.5 Å². The fraction of sp³-hybridized carbons (Fsp3) is 0.222. The van der Waals surface area contributed by atoms with Gasteiger partial charge in [0.15, 0.2) is 0 Å². The maximum atomic E-state index is 8.84. The molecule has 1 aromatic heterocycles. The molecule has 0 bridgehead atoms. The highest BCUT2D eigenvalue weighted by Gasteiger charge is 2.10. The van der Waals surface area contributed by atoms with Crippen LogP contribution in [0.3, 0.4) is 0 Å². The Morgan fingerprint density at radius 1 is 1.08 bits per heavy atom. The molecular weight excluding hydrogens is 318 g/mol. The van der Waals surface area contributed by atoms with Gasteiger partial charge in [0, 0.05) is 5.75 Å². The van der Waals surface area contributed by atoms with Crippen LogP contribution in [0, 0.1) is 11.3 Å². The van der Waals surface area contributed by atoms with Crippen molar-refractivity contribution in [2.75, 3.05) is 0 Å². The number of hydrogen-bond acceptors (Lipinski definition) is 5. The van der Waals surface area contributed by atoms with Gasteiger partial charge in [-0.1, -0.05) is 49.9 Å². The van der Waals surface area contributed by atoms with E-state index in [1.807, 2.05) is 36.4 Å². The maximum Gasteiger partial charge on any atom is 0.214 e. The Bertz CT molecular complexity index is 844. The van der Waals surface area contributed by atoms with Crippen molar-refractivity contribution >= 4 is 11.8 Å². The molecular formula is C18H17N5S. The Kier molecular flexibility index (Phi) is 4.92. The third-order valence-electron chi connectivity index (χ3n) is 3.70. The van der Waals surface area contributed by atoms with E-state index in [1.165, 1.54) is 5.56 Å². The van der Waals surface area contributed by atoms with Gasteiger partial charge < -0.3 is 0 Å². The number of hydrogen-bond donors (Lipinski definition) is 0. The molecule has 0 saturated heterocycles.